The number of imide groups is 1. The number of nitrogens with one attached hydrogen (secondary N) is 1. The zero-order chi connectivity index (χ0) is 17.7. The highest BCUT2D eigenvalue weighted by Crippen LogP contribution is 2.42. The summed E-state index contributed by atoms with van der Waals surface area (Å²) >= 11 is 3.18. The molecule has 6 nitrogen and oxygen atoms in total. The van der Waals surface area contributed by atoms with Crippen molar-refractivity contribution in [1.29, 1.82) is 0 Å². The van der Waals surface area contributed by atoms with E-state index in [1.54, 1.807) is 11.3 Å². The van der Waals surface area contributed by atoms with E-state index in [-0.39, 0.29) is 18.5 Å². The van der Waals surface area contributed by atoms with Crippen LogP contribution in [0, 0.1) is 0 Å². The second-order valence-electron chi connectivity index (χ2n) is 6.46. The van der Waals surface area contributed by atoms with Gasteiger partial charge in [0.1, 0.15) is 11.8 Å². The highest BCUT2D eigenvalue weighted by atomic mass is 32.1. The van der Waals surface area contributed by atoms with E-state index in [1.165, 1.54) is 27.4 Å². The number of aromatic nitrogens is 1. The largest absolute Gasteiger partial charge is 0.443 e. The molecule has 2 aliphatic rings. The van der Waals surface area contributed by atoms with E-state index in [0.29, 0.717) is 18.0 Å². The average molecular weight is 385 g/mol. The van der Waals surface area contributed by atoms with Crippen molar-refractivity contribution in [3.8, 4) is 10.8 Å². The molecule has 0 bridgehead atoms. The molecule has 1 saturated heterocycles. The van der Waals surface area contributed by atoms with Crippen LogP contribution in [0.25, 0.3) is 10.8 Å². The molecule has 132 valence electrons. The summed E-state index contributed by atoms with van der Waals surface area (Å²) in [7, 11) is 0. The Morgan fingerprint density at radius 1 is 1.27 bits per heavy atom. The molecule has 3 aromatic rings. The number of rotatable bonds is 3. The first-order chi connectivity index (χ1) is 12.7. The Morgan fingerprint density at radius 2 is 2.19 bits per heavy atom. The average Bonchev–Trinajstić information content (AvgIpc) is 3.41. The maximum absolute atomic E-state index is 13.2. The minimum Gasteiger partial charge on any atom is -0.443 e. The number of fused-ring (bicyclic) bond motifs is 2. The van der Waals surface area contributed by atoms with Crippen LogP contribution < -0.4 is 5.32 Å². The molecular weight excluding hydrogens is 370 g/mol. The van der Waals surface area contributed by atoms with Gasteiger partial charge in [0.15, 0.2) is 0 Å². The summed E-state index contributed by atoms with van der Waals surface area (Å²) in [6.45, 7) is 0.112. The maximum atomic E-state index is 13.2. The molecule has 8 heteroatoms. The van der Waals surface area contributed by atoms with Gasteiger partial charge in [-0.25, -0.2) is 9.78 Å². The van der Waals surface area contributed by atoms with E-state index in [4.69, 9.17) is 4.42 Å². The topological polar surface area (TPSA) is 75.4 Å². The first-order valence-electron chi connectivity index (χ1n) is 8.37. The molecule has 3 aromatic heterocycles. The molecule has 0 unspecified atom stereocenters. The Morgan fingerprint density at radius 3 is 3.04 bits per heavy atom. The zero-order valence-electron chi connectivity index (χ0n) is 13.7. The van der Waals surface area contributed by atoms with Gasteiger partial charge in [-0.15, -0.1) is 22.7 Å². The molecule has 1 aliphatic carbocycles. The van der Waals surface area contributed by atoms with E-state index in [9.17, 15) is 9.59 Å². The second-order valence-corrected chi connectivity index (χ2v) is 8.41. The third kappa shape index (κ3) is 2.25. The quantitative estimate of drug-likeness (QED) is 0.697. The summed E-state index contributed by atoms with van der Waals surface area (Å²) in [6.07, 6.45) is 4.00. The number of aryl methyl sites for hydroxylation is 1. The van der Waals surface area contributed by atoms with Gasteiger partial charge in [0, 0.05) is 10.4 Å². The van der Waals surface area contributed by atoms with Crippen LogP contribution in [0.15, 0.2) is 39.6 Å². The standard InChI is InChI=1S/C18H15N3O3S2/c22-16-18(6-1-3-13-12(18)5-8-26-13)20-17(23)21(16)9-11-10-24-15(19-11)14-4-2-7-25-14/h2,4-5,7-8,10H,1,3,6,9H2,(H,20,23)/t18-/m0/s1. The fraction of sp³-hybridized carbons (Fsp3) is 0.278. The summed E-state index contributed by atoms with van der Waals surface area (Å²) in [4.78, 5) is 33.5. The van der Waals surface area contributed by atoms with Crippen molar-refractivity contribution in [2.45, 2.75) is 31.3 Å². The number of nitrogens with zero attached hydrogens (tertiary/aromatic N) is 2. The number of carbonyl (C=O) groups excluding carboxylic acids is 2. The smallest absolute Gasteiger partial charge is 0.325 e. The molecular formula is C18H15N3O3S2. The van der Waals surface area contributed by atoms with E-state index < -0.39 is 5.54 Å². The van der Waals surface area contributed by atoms with Crippen molar-refractivity contribution in [3.63, 3.8) is 0 Å². The second kappa shape index (κ2) is 5.78. The van der Waals surface area contributed by atoms with Crippen LogP contribution in [0.5, 0.6) is 0 Å². The number of hydrogen-bond acceptors (Lipinski definition) is 6. The first-order valence-corrected chi connectivity index (χ1v) is 10.1. The van der Waals surface area contributed by atoms with Gasteiger partial charge < -0.3 is 9.73 Å². The van der Waals surface area contributed by atoms with Gasteiger partial charge in [0.2, 0.25) is 5.89 Å². The fourth-order valence-corrected chi connectivity index (χ4v) is 5.40. The van der Waals surface area contributed by atoms with Crippen molar-refractivity contribution in [2.75, 3.05) is 0 Å². The Kier molecular flexibility index (Phi) is 3.51. The van der Waals surface area contributed by atoms with Crippen LogP contribution in [0.2, 0.25) is 0 Å². The Hall–Kier alpha value is -2.45. The molecule has 1 aliphatic heterocycles. The van der Waals surface area contributed by atoms with Crippen LogP contribution in [0.3, 0.4) is 0 Å². The molecule has 1 fully saturated rings. The summed E-state index contributed by atoms with van der Waals surface area (Å²) < 4.78 is 5.50. The fourth-order valence-electron chi connectivity index (χ4n) is 3.74. The normalized spacial score (nSPS) is 22.1. The molecule has 0 aromatic carbocycles. The number of hydrogen-bond donors (Lipinski definition) is 1. The van der Waals surface area contributed by atoms with Crippen molar-refractivity contribution >= 4 is 34.6 Å². The molecule has 26 heavy (non-hydrogen) atoms. The van der Waals surface area contributed by atoms with Crippen molar-refractivity contribution in [3.05, 3.63) is 51.4 Å². The van der Waals surface area contributed by atoms with Crippen LogP contribution in [0.4, 0.5) is 4.79 Å². The first kappa shape index (κ1) is 15.8. The van der Waals surface area contributed by atoms with Crippen LogP contribution in [0.1, 0.15) is 29.0 Å². The van der Waals surface area contributed by atoms with Gasteiger partial charge in [-0.3, -0.25) is 9.69 Å². The molecule has 3 amide bonds. The van der Waals surface area contributed by atoms with Gasteiger partial charge >= 0.3 is 6.03 Å². The lowest BCUT2D eigenvalue weighted by atomic mass is 9.80. The predicted molar refractivity (Wildman–Crippen MR) is 97.8 cm³/mol. The lowest BCUT2D eigenvalue weighted by Gasteiger charge is -2.31. The Labute approximate surface area is 157 Å². The van der Waals surface area contributed by atoms with E-state index >= 15 is 0 Å². The number of amides is 3. The van der Waals surface area contributed by atoms with Crippen molar-refractivity contribution < 1.29 is 14.0 Å². The minimum absolute atomic E-state index is 0.112. The van der Waals surface area contributed by atoms with Gasteiger partial charge in [-0.1, -0.05) is 6.07 Å². The molecule has 1 N–H and O–H groups in total. The summed E-state index contributed by atoms with van der Waals surface area (Å²) in [6, 6.07) is 5.44. The molecule has 0 radical (unpaired) electrons. The number of carbonyl (C=O) groups is 2. The van der Waals surface area contributed by atoms with Gasteiger partial charge in [0.25, 0.3) is 5.91 Å². The van der Waals surface area contributed by atoms with E-state index in [0.717, 1.165) is 23.3 Å². The maximum Gasteiger partial charge on any atom is 0.325 e. The monoisotopic (exact) mass is 385 g/mol. The lowest BCUT2D eigenvalue weighted by molar-refractivity contribution is -0.132. The van der Waals surface area contributed by atoms with E-state index in [2.05, 4.69) is 10.3 Å². The molecule has 5 rings (SSSR count). The van der Waals surface area contributed by atoms with Gasteiger partial charge in [-0.05, 0) is 42.2 Å². The van der Waals surface area contributed by atoms with E-state index in [1.807, 2.05) is 29.0 Å². The Balaban J connectivity index is 1.43. The summed E-state index contributed by atoms with van der Waals surface area (Å²) in [5.74, 6) is 0.317. The lowest BCUT2D eigenvalue weighted by Crippen LogP contribution is -2.46. The molecule has 4 heterocycles. The summed E-state index contributed by atoms with van der Waals surface area (Å²) in [5, 5.41) is 6.89. The predicted octanol–water partition coefficient (Wildman–Crippen LogP) is 3.75. The van der Waals surface area contributed by atoms with Crippen LogP contribution in [-0.4, -0.2) is 21.8 Å². The summed E-state index contributed by atoms with van der Waals surface area (Å²) in [5.41, 5.74) is 0.606. The van der Waals surface area contributed by atoms with Crippen molar-refractivity contribution in [2.24, 2.45) is 0 Å². The third-order valence-corrected chi connectivity index (χ3v) is 6.78. The van der Waals surface area contributed by atoms with Gasteiger partial charge in [0.05, 0.1) is 17.1 Å². The third-order valence-electron chi connectivity index (χ3n) is 4.94. The van der Waals surface area contributed by atoms with Gasteiger partial charge in [-0.2, -0.15) is 0 Å². The van der Waals surface area contributed by atoms with Crippen LogP contribution in [-0.2, 0) is 23.3 Å². The van der Waals surface area contributed by atoms with Crippen LogP contribution >= 0.6 is 22.7 Å². The highest BCUT2D eigenvalue weighted by Gasteiger charge is 2.54. The Bertz CT molecular complexity index is 991. The molecule has 1 atom stereocenters. The highest BCUT2D eigenvalue weighted by molar-refractivity contribution is 7.13. The van der Waals surface area contributed by atoms with Crippen molar-refractivity contribution in [1.82, 2.24) is 15.2 Å². The number of urea groups is 1. The molecule has 0 saturated carbocycles. The SMILES string of the molecule is O=C1N[C@]2(CCCc3sccc32)C(=O)N1Cc1coc(-c2cccs2)n1. The zero-order valence-corrected chi connectivity index (χ0v) is 15.4. The number of thiophene rings is 2. The number of oxazole rings is 1. The molecule has 1 spiro atoms. The minimum atomic E-state index is -0.912.